The van der Waals surface area contributed by atoms with Crippen molar-refractivity contribution in [3.05, 3.63) is 35.6 Å². The monoisotopic (exact) mass is 264 g/mol. The van der Waals surface area contributed by atoms with E-state index >= 15 is 0 Å². The van der Waals surface area contributed by atoms with Gasteiger partial charge in [0.1, 0.15) is 5.82 Å². The predicted octanol–water partition coefficient (Wildman–Crippen LogP) is 3.17. The van der Waals surface area contributed by atoms with E-state index in [2.05, 4.69) is 18.9 Å². The van der Waals surface area contributed by atoms with E-state index in [9.17, 15) is 4.39 Å². The zero-order valence-corrected chi connectivity index (χ0v) is 12.0. The lowest BCUT2D eigenvalue weighted by atomic mass is 9.76. The number of benzene rings is 1. The summed E-state index contributed by atoms with van der Waals surface area (Å²) in [6.45, 7) is 3.60. The minimum absolute atomic E-state index is 0.0504. The molecule has 1 fully saturated rings. The molecular weight excluding hydrogens is 239 g/mol. The minimum Gasteiger partial charge on any atom is -0.329 e. The van der Waals surface area contributed by atoms with Crippen LogP contribution < -0.4 is 5.73 Å². The van der Waals surface area contributed by atoms with Crippen LogP contribution >= 0.6 is 0 Å². The van der Waals surface area contributed by atoms with Crippen LogP contribution in [-0.4, -0.2) is 24.0 Å². The van der Waals surface area contributed by atoms with Gasteiger partial charge in [-0.3, -0.25) is 4.90 Å². The fourth-order valence-electron chi connectivity index (χ4n) is 3.09. The smallest absolute Gasteiger partial charge is 0.127 e. The molecule has 3 heteroatoms. The summed E-state index contributed by atoms with van der Waals surface area (Å²) in [4.78, 5) is 2.26. The van der Waals surface area contributed by atoms with Gasteiger partial charge < -0.3 is 5.73 Å². The van der Waals surface area contributed by atoms with Gasteiger partial charge in [-0.2, -0.15) is 0 Å². The molecule has 0 saturated heterocycles. The molecule has 0 spiro atoms. The average molecular weight is 264 g/mol. The molecule has 0 aliphatic heterocycles. The highest BCUT2D eigenvalue weighted by atomic mass is 19.1. The average Bonchev–Trinajstić information content (AvgIpc) is 2.42. The van der Waals surface area contributed by atoms with Gasteiger partial charge in [0.25, 0.3) is 0 Å². The van der Waals surface area contributed by atoms with Crippen LogP contribution in [0.4, 0.5) is 4.39 Å². The van der Waals surface area contributed by atoms with E-state index in [-0.39, 0.29) is 11.4 Å². The lowest BCUT2D eigenvalue weighted by Gasteiger charge is -2.45. The highest BCUT2D eigenvalue weighted by molar-refractivity contribution is 5.17. The Morgan fingerprint density at radius 3 is 2.53 bits per heavy atom. The van der Waals surface area contributed by atoms with E-state index in [0.29, 0.717) is 13.1 Å². The van der Waals surface area contributed by atoms with Crippen LogP contribution in [-0.2, 0) is 6.54 Å². The summed E-state index contributed by atoms with van der Waals surface area (Å²) in [5.41, 5.74) is 6.85. The van der Waals surface area contributed by atoms with Crippen molar-refractivity contribution in [2.45, 2.75) is 44.7 Å². The van der Waals surface area contributed by atoms with Gasteiger partial charge in [0, 0.05) is 24.2 Å². The third-order valence-electron chi connectivity index (χ3n) is 4.76. The van der Waals surface area contributed by atoms with E-state index in [1.54, 1.807) is 6.07 Å². The Balaban J connectivity index is 2.09. The minimum atomic E-state index is -0.120. The van der Waals surface area contributed by atoms with Crippen LogP contribution in [0.15, 0.2) is 24.3 Å². The highest BCUT2D eigenvalue weighted by Crippen LogP contribution is 2.35. The highest BCUT2D eigenvalue weighted by Gasteiger charge is 2.36. The van der Waals surface area contributed by atoms with Crippen LogP contribution in [0.1, 0.15) is 38.2 Å². The first kappa shape index (κ1) is 14.5. The fraction of sp³-hybridized carbons (Fsp3) is 0.625. The van der Waals surface area contributed by atoms with E-state index in [1.807, 2.05) is 12.1 Å². The van der Waals surface area contributed by atoms with E-state index in [4.69, 9.17) is 5.73 Å². The number of likely N-dealkylation sites (N-methyl/N-ethyl adjacent to an activating group) is 1. The fourth-order valence-corrected chi connectivity index (χ4v) is 3.09. The molecule has 2 rings (SSSR count). The van der Waals surface area contributed by atoms with Crippen LogP contribution in [0.2, 0.25) is 0 Å². The zero-order chi connectivity index (χ0) is 13.9. The summed E-state index contributed by atoms with van der Waals surface area (Å²) in [6.07, 6.45) is 4.68. The van der Waals surface area contributed by atoms with Gasteiger partial charge in [-0.15, -0.1) is 0 Å². The molecule has 1 aliphatic rings. The number of nitrogens with zero attached hydrogens (tertiary/aromatic N) is 1. The lowest BCUT2D eigenvalue weighted by molar-refractivity contribution is 0.0607. The molecule has 0 heterocycles. The first-order valence-electron chi connectivity index (χ1n) is 7.22. The molecule has 0 atom stereocenters. The van der Waals surface area contributed by atoms with E-state index in [0.717, 1.165) is 24.3 Å². The van der Waals surface area contributed by atoms with Gasteiger partial charge in [-0.25, -0.2) is 4.39 Å². The van der Waals surface area contributed by atoms with Gasteiger partial charge in [-0.1, -0.05) is 25.1 Å². The molecule has 1 saturated carbocycles. The quantitative estimate of drug-likeness (QED) is 0.905. The molecule has 0 amide bonds. The molecule has 2 nitrogen and oxygen atoms in total. The topological polar surface area (TPSA) is 29.3 Å². The van der Waals surface area contributed by atoms with Gasteiger partial charge in [-0.05, 0) is 44.7 Å². The number of nitrogens with two attached hydrogens (primary N) is 1. The molecule has 0 unspecified atom stereocenters. The molecule has 1 aromatic rings. The van der Waals surface area contributed by atoms with Gasteiger partial charge in [0.2, 0.25) is 0 Å². The summed E-state index contributed by atoms with van der Waals surface area (Å²) in [6, 6.07) is 7.02. The van der Waals surface area contributed by atoms with Gasteiger partial charge in [0.15, 0.2) is 0 Å². The second-order valence-corrected chi connectivity index (χ2v) is 6.06. The molecule has 1 aliphatic carbocycles. The molecule has 1 aromatic carbocycles. The summed E-state index contributed by atoms with van der Waals surface area (Å²) in [5.74, 6) is 0.673. The Labute approximate surface area is 115 Å². The normalized spacial score (nSPS) is 27.7. The number of rotatable bonds is 4. The van der Waals surface area contributed by atoms with Crippen molar-refractivity contribution in [1.82, 2.24) is 4.90 Å². The maximum Gasteiger partial charge on any atom is 0.127 e. The third-order valence-corrected chi connectivity index (χ3v) is 4.76. The number of halogens is 1. The van der Waals surface area contributed by atoms with E-state index < -0.39 is 0 Å². The summed E-state index contributed by atoms with van der Waals surface area (Å²) >= 11 is 0. The second-order valence-electron chi connectivity index (χ2n) is 6.06. The summed E-state index contributed by atoms with van der Waals surface area (Å²) < 4.78 is 13.8. The number of hydrogen-bond donors (Lipinski definition) is 1. The van der Waals surface area contributed by atoms with Crippen LogP contribution in [0.25, 0.3) is 0 Å². The first-order chi connectivity index (χ1) is 9.07. The summed E-state index contributed by atoms with van der Waals surface area (Å²) in [7, 11) is 2.08. The lowest BCUT2D eigenvalue weighted by Crippen LogP contribution is -2.53. The second kappa shape index (κ2) is 6.02. The maximum absolute atomic E-state index is 13.8. The van der Waals surface area contributed by atoms with Gasteiger partial charge >= 0.3 is 0 Å². The molecule has 0 bridgehead atoms. The van der Waals surface area contributed by atoms with Crippen LogP contribution in [0, 0.1) is 11.7 Å². The molecule has 2 N–H and O–H groups in total. The Morgan fingerprint density at radius 2 is 1.95 bits per heavy atom. The molecule has 0 aromatic heterocycles. The van der Waals surface area contributed by atoms with Crippen molar-refractivity contribution in [3.63, 3.8) is 0 Å². The SMILES string of the molecule is CC1CCC(CN)(N(C)Cc2ccccc2F)CC1. The Hall–Kier alpha value is -0.930. The molecule has 106 valence electrons. The largest absolute Gasteiger partial charge is 0.329 e. The predicted molar refractivity (Wildman–Crippen MR) is 77.3 cm³/mol. The third kappa shape index (κ3) is 3.15. The summed E-state index contributed by atoms with van der Waals surface area (Å²) in [5, 5.41) is 0. The standard InChI is InChI=1S/C16H25FN2/c1-13-7-9-16(12-18,10-8-13)19(2)11-14-5-3-4-6-15(14)17/h3-6,13H,7-12,18H2,1-2H3. The number of hydrogen-bond acceptors (Lipinski definition) is 2. The first-order valence-corrected chi connectivity index (χ1v) is 7.22. The Kier molecular flexibility index (Phi) is 4.58. The molecular formula is C16H25FN2. The Morgan fingerprint density at radius 1 is 1.32 bits per heavy atom. The van der Waals surface area contributed by atoms with Crippen molar-refractivity contribution >= 4 is 0 Å². The maximum atomic E-state index is 13.8. The molecule has 19 heavy (non-hydrogen) atoms. The van der Waals surface area contributed by atoms with Crippen molar-refractivity contribution in [1.29, 1.82) is 0 Å². The van der Waals surface area contributed by atoms with Crippen molar-refractivity contribution in [2.24, 2.45) is 11.7 Å². The van der Waals surface area contributed by atoms with Crippen LogP contribution in [0.5, 0.6) is 0 Å². The van der Waals surface area contributed by atoms with Crippen molar-refractivity contribution in [2.75, 3.05) is 13.6 Å². The van der Waals surface area contributed by atoms with Crippen molar-refractivity contribution in [3.8, 4) is 0 Å². The van der Waals surface area contributed by atoms with Crippen LogP contribution in [0.3, 0.4) is 0 Å². The van der Waals surface area contributed by atoms with Gasteiger partial charge in [0.05, 0.1) is 0 Å². The Bertz CT molecular complexity index is 411. The van der Waals surface area contributed by atoms with Crippen molar-refractivity contribution < 1.29 is 4.39 Å². The van der Waals surface area contributed by atoms with E-state index in [1.165, 1.54) is 18.9 Å². The zero-order valence-electron chi connectivity index (χ0n) is 12.0. The molecule has 0 radical (unpaired) electrons.